The van der Waals surface area contributed by atoms with Crippen LogP contribution in [0, 0.1) is 0 Å². The van der Waals surface area contributed by atoms with Gasteiger partial charge in [0.1, 0.15) is 5.92 Å². The van der Waals surface area contributed by atoms with Gasteiger partial charge in [-0.15, -0.1) is 0 Å². The van der Waals surface area contributed by atoms with E-state index in [-0.39, 0.29) is 0 Å². The number of pyridine rings is 1. The number of nitrogens with zero attached hydrogens (tertiary/aromatic N) is 1. The number of aromatic nitrogens is 1. The standard InChI is InChI=1S/C8H9NO3/c10-5-6(8(11)12)7-3-1-2-4-9-7/h1-4,6,10H,5H2,(H,11,12). The molecule has 1 heterocycles. The largest absolute Gasteiger partial charge is 0.481 e. The monoisotopic (exact) mass is 167 g/mol. The Labute approximate surface area is 69.5 Å². The Balaban J connectivity index is 2.88. The summed E-state index contributed by atoms with van der Waals surface area (Å²) in [6.45, 7) is -0.424. The third-order valence-electron chi connectivity index (χ3n) is 1.53. The quantitative estimate of drug-likeness (QED) is 0.676. The molecule has 1 aromatic heterocycles. The molecule has 64 valence electrons. The van der Waals surface area contributed by atoms with Crippen LogP contribution in [0.3, 0.4) is 0 Å². The van der Waals surface area contributed by atoms with Gasteiger partial charge in [0.05, 0.1) is 12.3 Å². The van der Waals surface area contributed by atoms with Gasteiger partial charge in [-0.25, -0.2) is 0 Å². The zero-order valence-corrected chi connectivity index (χ0v) is 6.34. The van der Waals surface area contributed by atoms with Crippen LogP contribution in [0.4, 0.5) is 0 Å². The van der Waals surface area contributed by atoms with Crippen LogP contribution in [-0.4, -0.2) is 27.8 Å². The zero-order valence-electron chi connectivity index (χ0n) is 6.34. The third-order valence-corrected chi connectivity index (χ3v) is 1.53. The van der Waals surface area contributed by atoms with Gasteiger partial charge in [0, 0.05) is 6.20 Å². The summed E-state index contributed by atoms with van der Waals surface area (Å²) >= 11 is 0. The van der Waals surface area contributed by atoms with E-state index in [2.05, 4.69) is 4.98 Å². The highest BCUT2D eigenvalue weighted by molar-refractivity contribution is 5.75. The van der Waals surface area contributed by atoms with Gasteiger partial charge in [-0.05, 0) is 12.1 Å². The summed E-state index contributed by atoms with van der Waals surface area (Å²) in [5, 5.41) is 17.4. The summed E-state index contributed by atoms with van der Waals surface area (Å²) in [4.78, 5) is 14.4. The van der Waals surface area contributed by atoms with E-state index < -0.39 is 18.5 Å². The minimum absolute atomic E-state index is 0.382. The zero-order chi connectivity index (χ0) is 8.97. The molecule has 1 unspecified atom stereocenters. The number of rotatable bonds is 3. The number of carbonyl (C=O) groups is 1. The van der Waals surface area contributed by atoms with Crippen molar-refractivity contribution in [3.8, 4) is 0 Å². The van der Waals surface area contributed by atoms with E-state index >= 15 is 0 Å². The lowest BCUT2D eigenvalue weighted by atomic mass is 10.1. The molecule has 0 bridgehead atoms. The number of carboxylic acids is 1. The molecule has 0 amide bonds. The lowest BCUT2D eigenvalue weighted by Crippen LogP contribution is -2.16. The molecule has 0 aliphatic carbocycles. The maximum atomic E-state index is 10.5. The van der Waals surface area contributed by atoms with Gasteiger partial charge in [-0.2, -0.15) is 0 Å². The summed E-state index contributed by atoms with van der Waals surface area (Å²) in [7, 11) is 0. The predicted molar refractivity (Wildman–Crippen MR) is 41.7 cm³/mol. The number of aliphatic hydroxyl groups is 1. The van der Waals surface area contributed by atoms with Crippen molar-refractivity contribution in [2.24, 2.45) is 0 Å². The summed E-state index contributed by atoms with van der Waals surface area (Å²) in [6, 6.07) is 4.96. The Morgan fingerprint density at radius 2 is 2.33 bits per heavy atom. The normalized spacial score (nSPS) is 12.4. The van der Waals surface area contributed by atoms with Crippen LogP contribution >= 0.6 is 0 Å². The Kier molecular flexibility index (Phi) is 2.76. The van der Waals surface area contributed by atoms with Crippen LogP contribution in [0.2, 0.25) is 0 Å². The van der Waals surface area contributed by atoms with Gasteiger partial charge in [-0.1, -0.05) is 6.07 Å². The van der Waals surface area contributed by atoms with Crippen molar-refractivity contribution in [1.82, 2.24) is 4.98 Å². The molecule has 0 radical (unpaired) electrons. The third kappa shape index (κ3) is 1.79. The van der Waals surface area contributed by atoms with Gasteiger partial charge >= 0.3 is 5.97 Å². The Morgan fingerprint density at radius 3 is 2.75 bits per heavy atom. The van der Waals surface area contributed by atoms with Gasteiger partial charge in [0.2, 0.25) is 0 Å². The second-order valence-corrected chi connectivity index (χ2v) is 2.33. The van der Waals surface area contributed by atoms with Crippen LogP contribution in [0.25, 0.3) is 0 Å². The van der Waals surface area contributed by atoms with Crippen molar-refractivity contribution in [3.63, 3.8) is 0 Å². The Hall–Kier alpha value is -1.42. The van der Waals surface area contributed by atoms with Crippen molar-refractivity contribution in [2.45, 2.75) is 5.92 Å². The van der Waals surface area contributed by atoms with E-state index in [0.29, 0.717) is 5.69 Å². The lowest BCUT2D eigenvalue weighted by molar-refractivity contribution is -0.139. The number of aliphatic hydroxyl groups excluding tert-OH is 1. The highest BCUT2D eigenvalue weighted by Gasteiger charge is 2.19. The molecule has 4 heteroatoms. The van der Waals surface area contributed by atoms with E-state index in [1.807, 2.05) is 0 Å². The van der Waals surface area contributed by atoms with Crippen molar-refractivity contribution in [1.29, 1.82) is 0 Å². The molecular weight excluding hydrogens is 158 g/mol. The van der Waals surface area contributed by atoms with Gasteiger partial charge in [0.25, 0.3) is 0 Å². The maximum Gasteiger partial charge on any atom is 0.314 e. The number of aliphatic carboxylic acids is 1. The van der Waals surface area contributed by atoms with Crippen LogP contribution in [0.1, 0.15) is 11.6 Å². The second kappa shape index (κ2) is 3.82. The van der Waals surface area contributed by atoms with E-state index in [1.165, 1.54) is 6.20 Å². The molecule has 1 atom stereocenters. The lowest BCUT2D eigenvalue weighted by Gasteiger charge is -2.06. The SMILES string of the molecule is O=C(O)C(CO)c1ccccn1. The van der Waals surface area contributed by atoms with Crippen LogP contribution in [-0.2, 0) is 4.79 Å². The van der Waals surface area contributed by atoms with Crippen molar-refractivity contribution >= 4 is 5.97 Å². The van der Waals surface area contributed by atoms with E-state index in [1.54, 1.807) is 18.2 Å². The fraction of sp³-hybridized carbons (Fsp3) is 0.250. The molecule has 12 heavy (non-hydrogen) atoms. The number of carboxylic acid groups (broad SMARTS) is 1. The highest BCUT2D eigenvalue weighted by atomic mass is 16.4. The molecule has 0 aliphatic rings. The first-order chi connectivity index (χ1) is 5.75. The van der Waals surface area contributed by atoms with Crippen molar-refractivity contribution in [2.75, 3.05) is 6.61 Å². The molecule has 4 nitrogen and oxygen atoms in total. The first-order valence-electron chi connectivity index (χ1n) is 3.50. The van der Waals surface area contributed by atoms with E-state index in [4.69, 9.17) is 10.2 Å². The topological polar surface area (TPSA) is 70.4 Å². The average molecular weight is 167 g/mol. The predicted octanol–water partition coefficient (Wildman–Crippen LogP) is 0.242. The van der Waals surface area contributed by atoms with Crippen molar-refractivity contribution in [3.05, 3.63) is 30.1 Å². The molecule has 0 aliphatic heterocycles. The molecule has 0 saturated heterocycles. The minimum Gasteiger partial charge on any atom is -0.481 e. The highest BCUT2D eigenvalue weighted by Crippen LogP contribution is 2.11. The molecule has 0 saturated carbocycles. The minimum atomic E-state index is -1.06. The molecule has 0 aromatic carbocycles. The van der Waals surface area contributed by atoms with Crippen LogP contribution in [0.5, 0.6) is 0 Å². The van der Waals surface area contributed by atoms with E-state index in [9.17, 15) is 4.79 Å². The molecule has 0 spiro atoms. The number of hydrogen-bond acceptors (Lipinski definition) is 3. The fourth-order valence-corrected chi connectivity index (χ4v) is 0.880. The van der Waals surface area contributed by atoms with Gasteiger partial charge in [0.15, 0.2) is 0 Å². The van der Waals surface area contributed by atoms with E-state index in [0.717, 1.165) is 0 Å². The Morgan fingerprint density at radius 1 is 1.58 bits per heavy atom. The van der Waals surface area contributed by atoms with Gasteiger partial charge in [-0.3, -0.25) is 9.78 Å². The summed E-state index contributed by atoms with van der Waals surface area (Å²) in [5.74, 6) is -1.97. The summed E-state index contributed by atoms with van der Waals surface area (Å²) in [6.07, 6.45) is 1.50. The van der Waals surface area contributed by atoms with Crippen molar-refractivity contribution < 1.29 is 15.0 Å². The second-order valence-electron chi connectivity index (χ2n) is 2.33. The molecule has 0 fully saturated rings. The summed E-state index contributed by atoms with van der Waals surface area (Å²) < 4.78 is 0. The van der Waals surface area contributed by atoms with Gasteiger partial charge < -0.3 is 10.2 Å². The smallest absolute Gasteiger partial charge is 0.314 e. The fourth-order valence-electron chi connectivity index (χ4n) is 0.880. The van der Waals surface area contributed by atoms with Crippen LogP contribution in [0.15, 0.2) is 24.4 Å². The molecule has 1 aromatic rings. The molecule has 2 N–H and O–H groups in total. The average Bonchev–Trinajstić information content (AvgIpc) is 2.07. The summed E-state index contributed by atoms with van der Waals surface area (Å²) in [5.41, 5.74) is 0.382. The molecular formula is C8H9NO3. The first-order valence-corrected chi connectivity index (χ1v) is 3.50. The first kappa shape index (κ1) is 8.67. The maximum absolute atomic E-state index is 10.5. The number of hydrogen-bond donors (Lipinski definition) is 2. The molecule has 1 rings (SSSR count). The van der Waals surface area contributed by atoms with Crippen LogP contribution < -0.4 is 0 Å². The Bertz CT molecular complexity index is 260.